The highest BCUT2D eigenvalue weighted by molar-refractivity contribution is 7.99. The van der Waals surface area contributed by atoms with Gasteiger partial charge in [-0.1, -0.05) is 30.4 Å². The van der Waals surface area contributed by atoms with Crippen molar-refractivity contribution < 1.29 is 4.79 Å². The van der Waals surface area contributed by atoms with Gasteiger partial charge in [-0.2, -0.15) is 0 Å². The molecule has 30 heavy (non-hydrogen) atoms. The Labute approximate surface area is 194 Å². The Kier molecular flexibility index (Phi) is 9.16. The summed E-state index contributed by atoms with van der Waals surface area (Å²) in [7, 11) is 4.11. The molecule has 3 rings (SSSR count). The molecule has 1 amide bonds. The summed E-state index contributed by atoms with van der Waals surface area (Å²) in [5.41, 5.74) is 4.10. The fourth-order valence-electron chi connectivity index (χ4n) is 3.34. The van der Waals surface area contributed by atoms with Crippen molar-refractivity contribution in [2.45, 2.75) is 32.1 Å². The fraction of sp³-hybridized carbons (Fsp3) is 0.391. The van der Waals surface area contributed by atoms with Crippen LogP contribution in [0.25, 0.3) is 10.2 Å². The molecule has 0 aliphatic carbocycles. The van der Waals surface area contributed by atoms with Crippen molar-refractivity contribution in [3.05, 3.63) is 53.1 Å². The largest absolute Gasteiger partial charge is 0.309 e. The number of aryl methyl sites for hydroxylation is 2. The average Bonchev–Trinajstić information content (AvgIpc) is 3.09. The molecule has 1 aromatic heterocycles. The van der Waals surface area contributed by atoms with Crippen LogP contribution in [-0.2, 0) is 0 Å². The highest BCUT2D eigenvalue weighted by Gasteiger charge is 2.22. The predicted octanol–water partition coefficient (Wildman–Crippen LogP) is 6.05. The number of carbonyl (C=O) groups excluding carboxylic acids is 1. The number of hydrogen-bond donors (Lipinski definition) is 0. The lowest BCUT2D eigenvalue weighted by atomic mass is 10.1. The van der Waals surface area contributed by atoms with E-state index < -0.39 is 0 Å². The molecule has 162 valence electrons. The van der Waals surface area contributed by atoms with Crippen molar-refractivity contribution in [3.63, 3.8) is 0 Å². The van der Waals surface area contributed by atoms with Gasteiger partial charge in [0.1, 0.15) is 0 Å². The SMILES string of the molecule is CCSc1cccc(C(=O)N(CCCN(C)C)c2nc3c(C)cc(C)cc3s2)c1.Cl. The maximum atomic E-state index is 13.5. The van der Waals surface area contributed by atoms with Crippen LogP contribution in [0, 0.1) is 13.8 Å². The third-order valence-electron chi connectivity index (χ3n) is 4.67. The van der Waals surface area contributed by atoms with Crippen LogP contribution in [0.1, 0.15) is 34.8 Å². The Bertz CT molecular complexity index is 1000. The summed E-state index contributed by atoms with van der Waals surface area (Å²) in [5.74, 6) is 1.01. The topological polar surface area (TPSA) is 36.4 Å². The number of anilines is 1. The molecular formula is C23H30ClN3OS2. The lowest BCUT2D eigenvalue weighted by molar-refractivity contribution is 0.0986. The van der Waals surface area contributed by atoms with E-state index in [9.17, 15) is 4.79 Å². The number of amides is 1. The Hall–Kier alpha value is -1.60. The maximum absolute atomic E-state index is 13.5. The van der Waals surface area contributed by atoms with Crippen molar-refractivity contribution in [2.24, 2.45) is 0 Å². The summed E-state index contributed by atoms with van der Waals surface area (Å²) in [6, 6.07) is 12.2. The minimum Gasteiger partial charge on any atom is -0.309 e. The molecule has 0 saturated heterocycles. The van der Waals surface area contributed by atoms with E-state index in [-0.39, 0.29) is 18.3 Å². The number of aromatic nitrogens is 1. The molecule has 4 nitrogen and oxygen atoms in total. The molecule has 0 atom stereocenters. The van der Waals surface area contributed by atoms with Crippen LogP contribution in [0.5, 0.6) is 0 Å². The maximum Gasteiger partial charge on any atom is 0.260 e. The summed E-state index contributed by atoms with van der Waals surface area (Å²) < 4.78 is 1.14. The molecule has 2 aromatic carbocycles. The van der Waals surface area contributed by atoms with Crippen LogP contribution in [0.4, 0.5) is 5.13 Å². The van der Waals surface area contributed by atoms with E-state index in [1.165, 1.54) is 5.56 Å². The van der Waals surface area contributed by atoms with E-state index >= 15 is 0 Å². The molecule has 7 heteroatoms. The van der Waals surface area contributed by atoms with Gasteiger partial charge in [0.2, 0.25) is 0 Å². The van der Waals surface area contributed by atoms with Gasteiger partial charge in [-0.3, -0.25) is 9.69 Å². The van der Waals surface area contributed by atoms with E-state index in [0.29, 0.717) is 6.54 Å². The number of rotatable bonds is 8. The van der Waals surface area contributed by atoms with Crippen LogP contribution < -0.4 is 4.90 Å². The van der Waals surface area contributed by atoms with Crippen LogP contribution in [0.3, 0.4) is 0 Å². The molecule has 0 radical (unpaired) electrons. The number of thioether (sulfide) groups is 1. The number of halogens is 1. The highest BCUT2D eigenvalue weighted by Crippen LogP contribution is 2.33. The van der Waals surface area contributed by atoms with Crippen LogP contribution >= 0.6 is 35.5 Å². The Morgan fingerprint density at radius 1 is 1.13 bits per heavy atom. The van der Waals surface area contributed by atoms with Gasteiger partial charge < -0.3 is 4.90 Å². The monoisotopic (exact) mass is 463 g/mol. The zero-order chi connectivity index (χ0) is 21.0. The quantitative estimate of drug-likeness (QED) is 0.381. The van der Waals surface area contributed by atoms with Crippen LogP contribution in [-0.4, -0.2) is 48.7 Å². The second kappa shape index (κ2) is 11.1. The normalized spacial score (nSPS) is 11.0. The van der Waals surface area contributed by atoms with Gasteiger partial charge in [0.05, 0.1) is 10.2 Å². The van der Waals surface area contributed by atoms with E-state index in [1.54, 1.807) is 23.1 Å². The van der Waals surface area contributed by atoms with E-state index in [1.807, 2.05) is 23.1 Å². The third kappa shape index (κ3) is 5.97. The number of carbonyl (C=O) groups is 1. The van der Waals surface area contributed by atoms with Crippen molar-refractivity contribution in [1.82, 2.24) is 9.88 Å². The lowest BCUT2D eigenvalue weighted by Gasteiger charge is -2.21. The highest BCUT2D eigenvalue weighted by atomic mass is 35.5. The first kappa shape index (κ1) is 24.7. The molecule has 0 N–H and O–H groups in total. The Morgan fingerprint density at radius 2 is 1.90 bits per heavy atom. The third-order valence-corrected chi connectivity index (χ3v) is 6.57. The second-order valence-corrected chi connectivity index (χ2v) is 9.85. The van der Waals surface area contributed by atoms with Gasteiger partial charge in [0, 0.05) is 17.0 Å². The molecule has 0 spiro atoms. The summed E-state index contributed by atoms with van der Waals surface area (Å²) in [6.45, 7) is 7.89. The number of hydrogen-bond acceptors (Lipinski definition) is 5. The number of nitrogens with zero attached hydrogens (tertiary/aromatic N) is 3. The summed E-state index contributed by atoms with van der Waals surface area (Å²) >= 11 is 3.36. The van der Waals surface area contributed by atoms with E-state index in [4.69, 9.17) is 4.98 Å². The molecule has 0 bridgehead atoms. The van der Waals surface area contributed by atoms with Gasteiger partial charge in [-0.05, 0) is 82.1 Å². The van der Waals surface area contributed by atoms with Crippen molar-refractivity contribution >= 4 is 56.8 Å². The Morgan fingerprint density at radius 3 is 2.60 bits per heavy atom. The number of thiazole rings is 1. The number of benzene rings is 2. The van der Waals surface area contributed by atoms with Crippen molar-refractivity contribution in [3.8, 4) is 0 Å². The van der Waals surface area contributed by atoms with Crippen molar-refractivity contribution in [1.29, 1.82) is 0 Å². The minimum absolute atomic E-state index is 0. The number of fused-ring (bicyclic) bond motifs is 1. The predicted molar refractivity (Wildman–Crippen MR) is 134 cm³/mol. The first-order chi connectivity index (χ1) is 13.9. The standard InChI is InChI=1S/C23H29N3OS2.ClH/c1-6-28-19-10-7-9-18(15-19)22(27)26(12-8-11-25(4)5)23-24-21-17(3)13-16(2)14-20(21)29-23;/h7,9-10,13-15H,6,8,11-12H2,1-5H3;1H. The summed E-state index contributed by atoms with van der Waals surface area (Å²) in [4.78, 5) is 23.5. The molecule has 0 aliphatic rings. The molecule has 0 aliphatic heterocycles. The summed E-state index contributed by atoms with van der Waals surface area (Å²) in [5, 5.41) is 0.783. The van der Waals surface area contributed by atoms with Gasteiger partial charge in [0.15, 0.2) is 5.13 Å². The zero-order valence-electron chi connectivity index (χ0n) is 18.3. The smallest absolute Gasteiger partial charge is 0.260 e. The molecule has 0 saturated carbocycles. The van der Waals surface area contributed by atoms with Crippen LogP contribution in [0.15, 0.2) is 41.3 Å². The average molecular weight is 464 g/mol. The first-order valence-corrected chi connectivity index (χ1v) is 11.8. The second-order valence-electron chi connectivity index (χ2n) is 7.50. The first-order valence-electron chi connectivity index (χ1n) is 9.96. The van der Waals surface area contributed by atoms with Crippen LogP contribution in [0.2, 0.25) is 0 Å². The summed E-state index contributed by atoms with van der Waals surface area (Å²) in [6.07, 6.45) is 0.899. The van der Waals surface area contributed by atoms with E-state index in [0.717, 1.165) is 50.1 Å². The van der Waals surface area contributed by atoms with Gasteiger partial charge in [-0.25, -0.2) is 4.98 Å². The lowest BCUT2D eigenvalue weighted by Crippen LogP contribution is -2.33. The van der Waals surface area contributed by atoms with E-state index in [2.05, 4.69) is 58.0 Å². The molecule has 3 aromatic rings. The fourth-order valence-corrected chi connectivity index (χ4v) is 5.23. The molecule has 1 heterocycles. The molecular weight excluding hydrogens is 434 g/mol. The van der Waals surface area contributed by atoms with Gasteiger partial charge >= 0.3 is 0 Å². The van der Waals surface area contributed by atoms with Gasteiger partial charge in [0.25, 0.3) is 5.91 Å². The molecule has 0 fully saturated rings. The zero-order valence-corrected chi connectivity index (χ0v) is 20.7. The minimum atomic E-state index is 0. The van der Waals surface area contributed by atoms with Crippen molar-refractivity contribution in [2.75, 3.05) is 37.8 Å². The Balaban J connectivity index is 0.00000320. The molecule has 0 unspecified atom stereocenters. The van der Waals surface area contributed by atoms with Gasteiger partial charge in [-0.15, -0.1) is 24.2 Å².